The molecule has 1 aliphatic heterocycles. The molecular formula is C14H20N2O2. The lowest BCUT2D eigenvalue weighted by atomic mass is 10.1. The Balaban J connectivity index is 1.90. The Kier molecular flexibility index (Phi) is 4.20. The van der Waals surface area contributed by atoms with E-state index in [2.05, 4.69) is 23.5 Å². The Hall–Kier alpha value is -1.55. The van der Waals surface area contributed by atoms with Crippen LogP contribution in [0.3, 0.4) is 0 Å². The first-order chi connectivity index (χ1) is 8.66. The van der Waals surface area contributed by atoms with Crippen molar-refractivity contribution in [2.24, 2.45) is 0 Å². The molecule has 1 aromatic carbocycles. The molecule has 0 atom stereocenters. The number of hydrogen-bond donors (Lipinski definition) is 1. The van der Waals surface area contributed by atoms with E-state index >= 15 is 0 Å². The Labute approximate surface area is 108 Å². The quantitative estimate of drug-likeness (QED) is 0.868. The summed E-state index contributed by atoms with van der Waals surface area (Å²) in [6.07, 6.45) is -0.211. The number of piperazine rings is 1. The number of nitrogens with one attached hydrogen (secondary N) is 1. The van der Waals surface area contributed by atoms with Gasteiger partial charge in [-0.3, -0.25) is 0 Å². The third kappa shape index (κ3) is 3.23. The maximum Gasteiger partial charge on any atom is 0.410 e. The molecule has 4 heteroatoms. The zero-order valence-corrected chi connectivity index (χ0v) is 11.0. The molecular weight excluding hydrogens is 228 g/mol. The van der Waals surface area contributed by atoms with Crippen LogP contribution < -0.4 is 5.32 Å². The molecule has 4 nitrogen and oxygen atoms in total. The first kappa shape index (κ1) is 12.9. The van der Waals surface area contributed by atoms with Crippen molar-refractivity contribution in [1.29, 1.82) is 0 Å². The van der Waals surface area contributed by atoms with Crippen LogP contribution in [-0.2, 0) is 11.3 Å². The van der Waals surface area contributed by atoms with Crippen molar-refractivity contribution in [2.75, 3.05) is 26.2 Å². The predicted molar refractivity (Wildman–Crippen MR) is 70.5 cm³/mol. The minimum absolute atomic E-state index is 0.211. The van der Waals surface area contributed by atoms with Gasteiger partial charge in [-0.25, -0.2) is 4.79 Å². The van der Waals surface area contributed by atoms with Crippen LogP contribution in [0.15, 0.2) is 18.2 Å². The van der Waals surface area contributed by atoms with Gasteiger partial charge >= 0.3 is 6.09 Å². The summed E-state index contributed by atoms with van der Waals surface area (Å²) in [4.78, 5) is 13.6. The molecule has 0 saturated carbocycles. The molecule has 1 N–H and O–H groups in total. The minimum Gasteiger partial charge on any atom is -0.445 e. The van der Waals surface area contributed by atoms with Crippen LogP contribution in [0, 0.1) is 13.8 Å². The maximum atomic E-state index is 11.8. The van der Waals surface area contributed by atoms with Crippen LogP contribution in [-0.4, -0.2) is 37.2 Å². The largest absolute Gasteiger partial charge is 0.445 e. The minimum atomic E-state index is -0.211. The van der Waals surface area contributed by atoms with Crippen LogP contribution in [0.2, 0.25) is 0 Å². The second-order valence-electron chi connectivity index (χ2n) is 4.72. The lowest BCUT2D eigenvalue weighted by Crippen LogP contribution is -2.46. The lowest BCUT2D eigenvalue weighted by Gasteiger charge is -2.26. The van der Waals surface area contributed by atoms with E-state index in [-0.39, 0.29) is 6.09 Å². The summed E-state index contributed by atoms with van der Waals surface area (Å²) in [5, 5.41) is 3.21. The van der Waals surface area contributed by atoms with E-state index in [4.69, 9.17) is 4.74 Å². The van der Waals surface area contributed by atoms with Gasteiger partial charge in [0.2, 0.25) is 0 Å². The van der Waals surface area contributed by atoms with Crippen LogP contribution in [0.4, 0.5) is 4.79 Å². The fourth-order valence-electron chi connectivity index (χ4n) is 2.03. The van der Waals surface area contributed by atoms with Gasteiger partial charge in [-0.1, -0.05) is 23.8 Å². The average molecular weight is 248 g/mol. The van der Waals surface area contributed by atoms with E-state index in [1.54, 1.807) is 4.90 Å². The van der Waals surface area contributed by atoms with Crippen molar-refractivity contribution in [3.05, 3.63) is 34.9 Å². The van der Waals surface area contributed by atoms with Gasteiger partial charge in [0, 0.05) is 26.2 Å². The number of benzene rings is 1. The number of aryl methyl sites for hydroxylation is 2. The summed E-state index contributed by atoms with van der Waals surface area (Å²) in [6, 6.07) is 6.20. The summed E-state index contributed by atoms with van der Waals surface area (Å²) in [5.41, 5.74) is 3.43. The van der Waals surface area contributed by atoms with E-state index in [1.807, 2.05) is 13.8 Å². The number of nitrogens with zero attached hydrogens (tertiary/aromatic N) is 1. The van der Waals surface area contributed by atoms with Gasteiger partial charge in [0.05, 0.1) is 0 Å². The molecule has 1 amide bonds. The maximum absolute atomic E-state index is 11.8. The number of rotatable bonds is 2. The smallest absolute Gasteiger partial charge is 0.410 e. The van der Waals surface area contributed by atoms with Crippen molar-refractivity contribution in [3.63, 3.8) is 0 Å². The highest BCUT2D eigenvalue weighted by Crippen LogP contribution is 2.12. The second-order valence-corrected chi connectivity index (χ2v) is 4.72. The third-order valence-electron chi connectivity index (χ3n) is 3.23. The van der Waals surface area contributed by atoms with Gasteiger partial charge in [-0.2, -0.15) is 0 Å². The SMILES string of the molecule is Cc1ccc(C)c(COC(=O)N2CCNCC2)c1. The zero-order chi connectivity index (χ0) is 13.0. The molecule has 0 aromatic heterocycles. The Morgan fingerprint density at radius 3 is 2.78 bits per heavy atom. The standard InChI is InChI=1S/C14H20N2O2/c1-11-3-4-12(2)13(9-11)10-18-14(17)16-7-5-15-6-8-16/h3-4,9,15H,5-8,10H2,1-2H3. The topological polar surface area (TPSA) is 41.6 Å². The second kappa shape index (κ2) is 5.87. The number of carbonyl (C=O) groups is 1. The molecule has 18 heavy (non-hydrogen) atoms. The van der Waals surface area contributed by atoms with Crippen molar-refractivity contribution >= 4 is 6.09 Å². The number of ether oxygens (including phenoxy) is 1. The van der Waals surface area contributed by atoms with Crippen molar-refractivity contribution < 1.29 is 9.53 Å². The average Bonchev–Trinajstić information content (AvgIpc) is 2.40. The predicted octanol–water partition coefficient (Wildman–Crippen LogP) is 1.85. The van der Waals surface area contributed by atoms with E-state index in [9.17, 15) is 4.79 Å². The summed E-state index contributed by atoms with van der Waals surface area (Å²) in [5.74, 6) is 0. The number of amides is 1. The van der Waals surface area contributed by atoms with Gasteiger partial charge in [0.1, 0.15) is 6.61 Å². The normalized spacial score (nSPS) is 15.6. The highest BCUT2D eigenvalue weighted by atomic mass is 16.6. The Bertz CT molecular complexity index is 426. The molecule has 1 heterocycles. The number of hydrogen-bond acceptors (Lipinski definition) is 3. The van der Waals surface area contributed by atoms with Crippen LogP contribution in [0.5, 0.6) is 0 Å². The van der Waals surface area contributed by atoms with E-state index in [0.29, 0.717) is 6.61 Å². The summed E-state index contributed by atoms with van der Waals surface area (Å²) < 4.78 is 5.36. The first-order valence-corrected chi connectivity index (χ1v) is 6.35. The molecule has 0 radical (unpaired) electrons. The molecule has 0 spiro atoms. The van der Waals surface area contributed by atoms with Gasteiger partial charge < -0.3 is 15.0 Å². The molecule has 1 saturated heterocycles. The first-order valence-electron chi connectivity index (χ1n) is 6.35. The molecule has 1 fully saturated rings. The van der Waals surface area contributed by atoms with Gasteiger partial charge in [-0.15, -0.1) is 0 Å². The fraction of sp³-hybridized carbons (Fsp3) is 0.500. The molecule has 98 valence electrons. The van der Waals surface area contributed by atoms with Crippen molar-refractivity contribution in [1.82, 2.24) is 10.2 Å². The third-order valence-corrected chi connectivity index (χ3v) is 3.23. The molecule has 0 bridgehead atoms. The van der Waals surface area contributed by atoms with Gasteiger partial charge in [0.25, 0.3) is 0 Å². The molecule has 0 unspecified atom stereocenters. The van der Waals surface area contributed by atoms with Gasteiger partial charge in [0.15, 0.2) is 0 Å². The number of carbonyl (C=O) groups excluding carboxylic acids is 1. The van der Waals surface area contributed by atoms with Gasteiger partial charge in [-0.05, 0) is 25.0 Å². The molecule has 2 rings (SSSR count). The highest BCUT2D eigenvalue weighted by molar-refractivity contribution is 5.67. The fourth-order valence-corrected chi connectivity index (χ4v) is 2.03. The van der Waals surface area contributed by atoms with Crippen LogP contribution in [0.1, 0.15) is 16.7 Å². The van der Waals surface area contributed by atoms with Crippen molar-refractivity contribution in [2.45, 2.75) is 20.5 Å². The van der Waals surface area contributed by atoms with E-state index in [1.165, 1.54) is 5.56 Å². The highest BCUT2D eigenvalue weighted by Gasteiger charge is 2.17. The molecule has 0 aliphatic carbocycles. The van der Waals surface area contributed by atoms with Crippen LogP contribution in [0.25, 0.3) is 0 Å². The van der Waals surface area contributed by atoms with E-state index in [0.717, 1.165) is 37.3 Å². The van der Waals surface area contributed by atoms with Crippen LogP contribution >= 0.6 is 0 Å². The monoisotopic (exact) mass is 248 g/mol. The Morgan fingerprint density at radius 2 is 2.06 bits per heavy atom. The van der Waals surface area contributed by atoms with Crippen molar-refractivity contribution in [3.8, 4) is 0 Å². The lowest BCUT2D eigenvalue weighted by molar-refractivity contribution is 0.0917. The summed E-state index contributed by atoms with van der Waals surface area (Å²) >= 11 is 0. The zero-order valence-electron chi connectivity index (χ0n) is 11.0. The summed E-state index contributed by atoms with van der Waals surface area (Å²) in [6.45, 7) is 7.58. The summed E-state index contributed by atoms with van der Waals surface area (Å²) in [7, 11) is 0. The molecule has 1 aliphatic rings. The molecule has 1 aromatic rings. The Morgan fingerprint density at radius 1 is 1.33 bits per heavy atom. The van der Waals surface area contributed by atoms with E-state index < -0.39 is 0 Å².